The van der Waals surface area contributed by atoms with Gasteiger partial charge >= 0.3 is 0 Å². The van der Waals surface area contributed by atoms with Gasteiger partial charge in [-0.2, -0.15) is 0 Å². The molecule has 1 aliphatic heterocycles. The van der Waals surface area contributed by atoms with E-state index in [4.69, 9.17) is 4.74 Å². The number of hydrogen-bond donors (Lipinski definition) is 3. The highest BCUT2D eigenvalue weighted by atomic mass is 16.5. The molecule has 0 aliphatic carbocycles. The number of aliphatic imine (C=N–C) groups is 1. The number of nitrogens with zero attached hydrogens (tertiary/aromatic N) is 1. The molecule has 126 valence electrons. The van der Waals surface area contributed by atoms with Crippen molar-refractivity contribution in [3.05, 3.63) is 47.5 Å². The van der Waals surface area contributed by atoms with Crippen molar-refractivity contribution >= 4 is 5.96 Å². The van der Waals surface area contributed by atoms with E-state index in [9.17, 15) is 5.11 Å². The number of nitrogens with one attached hydrogen (secondary N) is 2. The first kappa shape index (κ1) is 17.5. The van der Waals surface area contributed by atoms with Crippen molar-refractivity contribution in [1.82, 2.24) is 10.6 Å². The van der Waals surface area contributed by atoms with E-state index in [1.54, 1.807) is 7.05 Å². The predicted molar refractivity (Wildman–Crippen MR) is 93.8 cm³/mol. The van der Waals surface area contributed by atoms with Gasteiger partial charge in [-0.15, -0.1) is 0 Å². The summed E-state index contributed by atoms with van der Waals surface area (Å²) in [6.45, 7) is 3.17. The molecule has 0 fully saturated rings. The minimum absolute atomic E-state index is 0.0629. The number of aliphatic hydroxyl groups is 1. The standard InChI is InChI=1S/C18H27N3O2/c1-19-18(20-10-7-15-8-11-23-12-9-15)21-13-17(14-22)16-5-3-2-4-6-16/h2-6,8,17,22H,7,9-14H2,1H3,(H2,19,20,21). The molecule has 1 aromatic carbocycles. The SMILES string of the molecule is CN=C(NCCC1=CCOCC1)NCC(CO)c1ccccc1. The third-order valence-electron chi connectivity index (χ3n) is 4.03. The van der Waals surface area contributed by atoms with Crippen molar-refractivity contribution in [3.63, 3.8) is 0 Å². The second-order valence-corrected chi connectivity index (χ2v) is 5.61. The molecule has 0 saturated carbocycles. The van der Waals surface area contributed by atoms with Crippen LogP contribution >= 0.6 is 0 Å². The van der Waals surface area contributed by atoms with E-state index in [2.05, 4.69) is 21.7 Å². The fourth-order valence-corrected chi connectivity index (χ4v) is 2.59. The zero-order chi connectivity index (χ0) is 16.3. The number of rotatable bonds is 7. The quantitative estimate of drug-likeness (QED) is 0.406. The lowest BCUT2D eigenvalue weighted by molar-refractivity contribution is 0.153. The van der Waals surface area contributed by atoms with Crippen LogP contribution in [0.15, 0.2) is 47.0 Å². The molecule has 1 aliphatic rings. The van der Waals surface area contributed by atoms with E-state index in [1.165, 1.54) is 5.57 Å². The maximum atomic E-state index is 9.59. The molecule has 1 atom stereocenters. The summed E-state index contributed by atoms with van der Waals surface area (Å²) in [5.41, 5.74) is 2.57. The summed E-state index contributed by atoms with van der Waals surface area (Å²) >= 11 is 0. The van der Waals surface area contributed by atoms with Gasteiger partial charge in [0.15, 0.2) is 5.96 Å². The molecule has 0 bridgehead atoms. The molecule has 5 heteroatoms. The first-order valence-corrected chi connectivity index (χ1v) is 8.19. The maximum Gasteiger partial charge on any atom is 0.191 e. The first-order chi connectivity index (χ1) is 11.3. The summed E-state index contributed by atoms with van der Waals surface area (Å²) in [7, 11) is 1.76. The fourth-order valence-electron chi connectivity index (χ4n) is 2.59. The summed E-state index contributed by atoms with van der Waals surface area (Å²) in [4.78, 5) is 4.24. The molecule has 1 aromatic rings. The van der Waals surface area contributed by atoms with E-state index in [1.807, 2.05) is 30.3 Å². The Morgan fingerprint density at radius 3 is 2.78 bits per heavy atom. The molecule has 0 spiro atoms. The first-order valence-electron chi connectivity index (χ1n) is 8.19. The highest BCUT2D eigenvalue weighted by Gasteiger charge is 2.11. The zero-order valence-electron chi connectivity index (χ0n) is 13.8. The highest BCUT2D eigenvalue weighted by Crippen LogP contribution is 2.13. The largest absolute Gasteiger partial charge is 0.396 e. The average molecular weight is 317 g/mol. The average Bonchev–Trinajstić information content (AvgIpc) is 2.62. The minimum Gasteiger partial charge on any atom is -0.396 e. The summed E-state index contributed by atoms with van der Waals surface area (Å²) in [6.07, 6.45) is 4.19. The maximum absolute atomic E-state index is 9.59. The van der Waals surface area contributed by atoms with E-state index in [0.29, 0.717) is 6.54 Å². The van der Waals surface area contributed by atoms with Gasteiger partial charge in [-0.25, -0.2) is 0 Å². The molecule has 0 saturated heterocycles. The molecule has 0 radical (unpaired) electrons. The van der Waals surface area contributed by atoms with Gasteiger partial charge in [0.05, 0.1) is 19.8 Å². The number of ether oxygens (including phenoxy) is 1. The van der Waals surface area contributed by atoms with Crippen LogP contribution in [-0.2, 0) is 4.74 Å². The highest BCUT2D eigenvalue weighted by molar-refractivity contribution is 5.79. The van der Waals surface area contributed by atoms with Crippen molar-refractivity contribution in [2.24, 2.45) is 4.99 Å². The number of hydrogen-bond acceptors (Lipinski definition) is 3. The number of benzene rings is 1. The molecule has 0 amide bonds. The van der Waals surface area contributed by atoms with Crippen LogP contribution in [0.4, 0.5) is 0 Å². The normalized spacial score (nSPS) is 16.6. The van der Waals surface area contributed by atoms with Gasteiger partial charge in [0.25, 0.3) is 0 Å². The lowest BCUT2D eigenvalue weighted by Crippen LogP contribution is -2.40. The van der Waals surface area contributed by atoms with Gasteiger partial charge in [-0.3, -0.25) is 4.99 Å². The summed E-state index contributed by atoms with van der Waals surface area (Å²) in [6, 6.07) is 10.0. The van der Waals surface area contributed by atoms with Gasteiger partial charge < -0.3 is 20.5 Å². The lowest BCUT2D eigenvalue weighted by atomic mass is 10.0. The van der Waals surface area contributed by atoms with Gasteiger partial charge in [0, 0.05) is 26.1 Å². The van der Waals surface area contributed by atoms with Crippen LogP contribution in [0.5, 0.6) is 0 Å². The zero-order valence-corrected chi connectivity index (χ0v) is 13.8. The molecule has 5 nitrogen and oxygen atoms in total. The number of aliphatic hydroxyl groups excluding tert-OH is 1. The van der Waals surface area contributed by atoms with Crippen LogP contribution in [0, 0.1) is 0 Å². The fraction of sp³-hybridized carbons (Fsp3) is 0.500. The molecule has 2 rings (SSSR count). The van der Waals surface area contributed by atoms with Crippen LogP contribution in [0.25, 0.3) is 0 Å². The van der Waals surface area contributed by atoms with Gasteiger partial charge in [-0.05, 0) is 18.4 Å². The van der Waals surface area contributed by atoms with Gasteiger partial charge in [0.2, 0.25) is 0 Å². The van der Waals surface area contributed by atoms with Crippen molar-refractivity contribution in [1.29, 1.82) is 0 Å². The van der Waals surface area contributed by atoms with Crippen LogP contribution in [0.1, 0.15) is 24.3 Å². The van der Waals surface area contributed by atoms with E-state index in [-0.39, 0.29) is 12.5 Å². The number of guanidine groups is 1. The van der Waals surface area contributed by atoms with Crippen molar-refractivity contribution in [2.45, 2.75) is 18.8 Å². The second kappa shape index (κ2) is 10.0. The molecule has 1 heterocycles. The Morgan fingerprint density at radius 2 is 2.13 bits per heavy atom. The van der Waals surface area contributed by atoms with Crippen molar-refractivity contribution in [3.8, 4) is 0 Å². The Morgan fingerprint density at radius 1 is 1.30 bits per heavy atom. The van der Waals surface area contributed by atoms with E-state index < -0.39 is 0 Å². The second-order valence-electron chi connectivity index (χ2n) is 5.61. The summed E-state index contributed by atoms with van der Waals surface area (Å²) in [5, 5.41) is 16.2. The van der Waals surface area contributed by atoms with Crippen molar-refractivity contribution < 1.29 is 9.84 Å². The third-order valence-corrected chi connectivity index (χ3v) is 4.03. The summed E-state index contributed by atoms with van der Waals surface area (Å²) in [5.74, 6) is 0.833. The van der Waals surface area contributed by atoms with E-state index in [0.717, 1.165) is 44.1 Å². The smallest absolute Gasteiger partial charge is 0.191 e. The third kappa shape index (κ3) is 6.04. The lowest BCUT2D eigenvalue weighted by Gasteiger charge is -2.19. The Balaban J connectivity index is 1.74. The molecule has 1 unspecified atom stereocenters. The molecular weight excluding hydrogens is 290 g/mol. The van der Waals surface area contributed by atoms with Crippen LogP contribution in [-0.4, -0.2) is 51.0 Å². The van der Waals surface area contributed by atoms with Crippen molar-refractivity contribution in [2.75, 3.05) is 40.0 Å². The Bertz CT molecular complexity index is 514. The molecule has 23 heavy (non-hydrogen) atoms. The molecular formula is C18H27N3O2. The topological polar surface area (TPSA) is 65.9 Å². The predicted octanol–water partition coefficient (Wildman–Crippen LogP) is 1.66. The van der Waals surface area contributed by atoms with Crippen LogP contribution < -0.4 is 10.6 Å². The molecule has 3 N–H and O–H groups in total. The van der Waals surface area contributed by atoms with Crippen LogP contribution in [0.2, 0.25) is 0 Å². The Kier molecular flexibility index (Phi) is 7.63. The summed E-state index contributed by atoms with van der Waals surface area (Å²) < 4.78 is 5.31. The van der Waals surface area contributed by atoms with Gasteiger partial charge in [-0.1, -0.05) is 42.0 Å². The van der Waals surface area contributed by atoms with Crippen LogP contribution in [0.3, 0.4) is 0 Å². The monoisotopic (exact) mass is 317 g/mol. The Labute approximate surface area is 138 Å². The Hall–Kier alpha value is -1.85. The minimum atomic E-state index is 0.0629. The van der Waals surface area contributed by atoms with E-state index >= 15 is 0 Å². The van der Waals surface area contributed by atoms with Gasteiger partial charge in [0.1, 0.15) is 0 Å². The molecule has 0 aromatic heterocycles.